The van der Waals surface area contributed by atoms with E-state index in [2.05, 4.69) is 0 Å². The molecule has 0 spiro atoms. The van der Waals surface area contributed by atoms with E-state index in [1.165, 1.54) is 0 Å². The molecule has 22 heavy (non-hydrogen) atoms. The Balaban J connectivity index is 1.97. The SMILES string of the molecule is Cc1ccc(S(=O)(=O)C2=C(Cc3ccccc3)OCC2)cc1. The van der Waals surface area contributed by atoms with E-state index in [0.29, 0.717) is 35.0 Å². The van der Waals surface area contributed by atoms with E-state index in [4.69, 9.17) is 4.74 Å². The van der Waals surface area contributed by atoms with Crippen molar-refractivity contribution in [2.75, 3.05) is 6.61 Å². The van der Waals surface area contributed by atoms with Gasteiger partial charge < -0.3 is 4.74 Å². The van der Waals surface area contributed by atoms with Crippen LogP contribution < -0.4 is 0 Å². The van der Waals surface area contributed by atoms with E-state index in [9.17, 15) is 8.42 Å². The standard InChI is InChI=1S/C18H18O3S/c1-14-7-9-16(10-8-14)22(19,20)18-11-12-21-17(18)13-15-5-3-2-4-6-15/h2-10H,11-13H2,1H3. The molecule has 2 aromatic carbocycles. The van der Waals surface area contributed by atoms with E-state index in [1.807, 2.05) is 49.4 Å². The van der Waals surface area contributed by atoms with Crippen molar-refractivity contribution in [3.8, 4) is 0 Å². The van der Waals surface area contributed by atoms with Gasteiger partial charge >= 0.3 is 0 Å². The first-order valence-corrected chi connectivity index (χ1v) is 8.76. The molecule has 114 valence electrons. The van der Waals surface area contributed by atoms with Gasteiger partial charge in [0.05, 0.1) is 16.4 Å². The summed E-state index contributed by atoms with van der Waals surface area (Å²) in [6, 6.07) is 16.7. The molecular weight excluding hydrogens is 296 g/mol. The van der Waals surface area contributed by atoms with Crippen LogP contribution >= 0.6 is 0 Å². The molecule has 0 aliphatic carbocycles. The Morgan fingerprint density at radius 3 is 2.36 bits per heavy atom. The lowest BCUT2D eigenvalue weighted by molar-refractivity contribution is 0.239. The van der Waals surface area contributed by atoms with Crippen molar-refractivity contribution >= 4 is 9.84 Å². The fourth-order valence-corrected chi connectivity index (χ4v) is 4.12. The fourth-order valence-electron chi connectivity index (χ4n) is 2.56. The number of allylic oxidation sites excluding steroid dienone is 1. The second kappa shape index (κ2) is 5.97. The maximum Gasteiger partial charge on any atom is 0.206 e. The third-order valence-electron chi connectivity index (χ3n) is 3.78. The Hall–Kier alpha value is -2.07. The minimum Gasteiger partial charge on any atom is -0.496 e. The first-order valence-electron chi connectivity index (χ1n) is 7.28. The highest BCUT2D eigenvalue weighted by Crippen LogP contribution is 2.31. The van der Waals surface area contributed by atoms with Crippen LogP contribution in [0.25, 0.3) is 0 Å². The highest BCUT2D eigenvalue weighted by molar-refractivity contribution is 7.95. The van der Waals surface area contributed by atoms with Crippen LogP contribution in [0.1, 0.15) is 17.5 Å². The van der Waals surface area contributed by atoms with Crippen LogP contribution in [-0.2, 0) is 21.0 Å². The topological polar surface area (TPSA) is 43.4 Å². The molecule has 0 amide bonds. The summed E-state index contributed by atoms with van der Waals surface area (Å²) in [7, 11) is -3.47. The quantitative estimate of drug-likeness (QED) is 0.865. The van der Waals surface area contributed by atoms with E-state index >= 15 is 0 Å². The largest absolute Gasteiger partial charge is 0.496 e. The van der Waals surface area contributed by atoms with Crippen molar-refractivity contribution in [3.63, 3.8) is 0 Å². The third kappa shape index (κ3) is 2.92. The number of benzene rings is 2. The maximum absolute atomic E-state index is 12.8. The van der Waals surface area contributed by atoms with Gasteiger partial charge in [0.25, 0.3) is 0 Å². The van der Waals surface area contributed by atoms with Crippen molar-refractivity contribution in [1.82, 2.24) is 0 Å². The Labute approximate surface area is 131 Å². The molecule has 2 aromatic rings. The Kier molecular flexibility index (Phi) is 4.03. The third-order valence-corrected chi connectivity index (χ3v) is 5.75. The van der Waals surface area contributed by atoms with E-state index in [1.54, 1.807) is 12.1 Å². The van der Waals surface area contributed by atoms with Crippen LogP contribution in [0.15, 0.2) is 70.2 Å². The van der Waals surface area contributed by atoms with Crippen molar-refractivity contribution in [1.29, 1.82) is 0 Å². The number of hydrogen-bond donors (Lipinski definition) is 0. The van der Waals surface area contributed by atoms with Gasteiger partial charge in [-0.15, -0.1) is 0 Å². The first kappa shape index (κ1) is 14.9. The molecule has 0 radical (unpaired) electrons. The molecule has 4 heteroatoms. The van der Waals surface area contributed by atoms with Gasteiger partial charge in [-0.25, -0.2) is 8.42 Å². The van der Waals surface area contributed by atoms with Crippen molar-refractivity contribution in [2.45, 2.75) is 24.7 Å². The summed E-state index contributed by atoms with van der Waals surface area (Å²) in [6.07, 6.45) is 0.958. The minimum absolute atomic E-state index is 0.337. The number of ether oxygens (including phenoxy) is 1. The van der Waals surface area contributed by atoms with Crippen LogP contribution in [0.2, 0.25) is 0 Å². The summed E-state index contributed by atoms with van der Waals surface area (Å²) in [6.45, 7) is 2.37. The summed E-state index contributed by atoms with van der Waals surface area (Å²) in [5.41, 5.74) is 2.09. The predicted octanol–water partition coefficient (Wildman–Crippen LogP) is 3.64. The summed E-state index contributed by atoms with van der Waals surface area (Å²) in [5, 5.41) is 0. The monoisotopic (exact) mass is 314 g/mol. The van der Waals surface area contributed by atoms with E-state index < -0.39 is 9.84 Å². The number of rotatable bonds is 4. The average Bonchev–Trinajstić information content (AvgIpc) is 2.98. The van der Waals surface area contributed by atoms with Crippen LogP contribution in [0.4, 0.5) is 0 Å². The minimum atomic E-state index is -3.47. The summed E-state index contributed by atoms with van der Waals surface area (Å²) in [4.78, 5) is 0.754. The maximum atomic E-state index is 12.8. The van der Waals surface area contributed by atoms with Crippen LogP contribution in [-0.4, -0.2) is 15.0 Å². The van der Waals surface area contributed by atoms with E-state index in [-0.39, 0.29) is 0 Å². The van der Waals surface area contributed by atoms with Crippen molar-refractivity contribution < 1.29 is 13.2 Å². The Morgan fingerprint density at radius 2 is 1.68 bits per heavy atom. The second-order valence-corrected chi connectivity index (χ2v) is 7.39. The van der Waals surface area contributed by atoms with E-state index in [0.717, 1.165) is 11.1 Å². The normalized spacial score (nSPS) is 15.0. The lowest BCUT2D eigenvalue weighted by atomic mass is 10.1. The van der Waals surface area contributed by atoms with Gasteiger partial charge in [0.15, 0.2) is 0 Å². The molecule has 0 saturated heterocycles. The second-order valence-electron chi connectivity index (χ2n) is 5.42. The van der Waals surface area contributed by atoms with Crippen LogP contribution in [0.3, 0.4) is 0 Å². The molecule has 1 heterocycles. The molecule has 0 bridgehead atoms. The Morgan fingerprint density at radius 1 is 1.00 bits per heavy atom. The zero-order valence-corrected chi connectivity index (χ0v) is 13.3. The summed E-state index contributed by atoms with van der Waals surface area (Å²) in [5.74, 6) is 0.576. The molecule has 0 saturated carbocycles. The average molecular weight is 314 g/mol. The van der Waals surface area contributed by atoms with Crippen molar-refractivity contribution in [3.05, 3.63) is 76.4 Å². The number of aryl methyl sites for hydroxylation is 1. The fraction of sp³-hybridized carbons (Fsp3) is 0.222. The van der Waals surface area contributed by atoms with Gasteiger partial charge in [-0.05, 0) is 24.6 Å². The Bertz CT molecular complexity index is 788. The number of sulfone groups is 1. The smallest absolute Gasteiger partial charge is 0.206 e. The first-order chi connectivity index (χ1) is 10.6. The summed E-state index contributed by atoms with van der Waals surface area (Å²) >= 11 is 0. The molecule has 0 aromatic heterocycles. The van der Waals surface area contributed by atoms with Crippen LogP contribution in [0.5, 0.6) is 0 Å². The lowest BCUT2D eigenvalue weighted by Gasteiger charge is -2.08. The predicted molar refractivity (Wildman–Crippen MR) is 86.1 cm³/mol. The molecule has 0 fully saturated rings. The molecule has 3 rings (SSSR count). The van der Waals surface area contributed by atoms with Gasteiger partial charge in [-0.2, -0.15) is 0 Å². The van der Waals surface area contributed by atoms with Gasteiger partial charge in [0, 0.05) is 12.8 Å². The zero-order chi connectivity index (χ0) is 15.6. The highest BCUT2D eigenvalue weighted by atomic mass is 32.2. The summed E-state index contributed by atoms with van der Waals surface area (Å²) < 4.78 is 31.2. The highest BCUT2D eigenvalue weighted by Gasteiger charge is 2.29. The van der Waals surface area contributed by atoms with Gasteiger partial charge in [-0.1, -0.05) is 48.0 Å². The van der Waals surface area contributed by atoms with Gasteiger partial charge in [0.1, 0.15) is 5.76 Å². The molecule has 0 N–H and O–H groups in total. The van der Waals surface area contributed by atoms with Crippen LogP contribution in [0, 0.1) is 6.92 Å². The zero-order valence-electron chi connectivity index (χ0n) is 12.5. The molecular formula is C18H18O3S. The lowest BCUT2D eigenvalue weighted by Crippen LogP contribution is -2.06. The molecule has 0 atom stereocenters. The molecule has 3 nitrogen and oxygen atoms in total. The molecule has 1 aliphatic heterocycles. The number of hydrogen-bond acceptors (Lipinski definition) is 3. The van der Waals surface area contributed by atoms with Gasteiger partial charge in [0.2, 0.25) is 9.84 Å². The van der Waals surface area contributed by atoms with Crippen molar-refractivity contribution in [2.24, 2.45) is 0 Å². The molecule has 0 unspecified atom stereocenters. The van der Waals surface area contributed by atoms with Gasteiger partial charge in [-0.3, -0.25) is 0 Å². The molecule has 1 aliphatic rings.